The van der Waals surface area contributed by atoms with E-state index in [0.717, 1.165) is 31.0 Å². The molecular weight excluding hydrogens is 595 g/mol. The predicted molar refractivity (Wildman–Crippen MR) is 163 cm³/mol. The number of halogens is 4. The third-order valence-corrected chi connectivity index (χ3v) is 8.94. The minimum absolute atomic E-state index is 0.0139. The number of hydrogen-bond acceptors (Lipinski definition) is 7. The molecule has 2 fully saturated rings. The summed E-state index contributed by atoms with van der Waals surface area (Å²) in [5.74, 6) is 0.400. The van der Waals surface area contributed by atoms with E-state index in [1.165, 1.54) is 18.2 Å². The number of aromatic nitrogens is 2. The molecule has 2 aliphatic heterocycles. The van der Waals surface area contributed by atoms with Gasteiger partial charge in [0.15, 0.2) is 0 Å². The van der Waals surface area contributed by atoms with Crippen molar-refractivity contribution in [2.45, 2.75) is 51.0 Å². The maximum absolute atomic E-state index is 14.1. The Labute approximate surface area is 261 Å². The number of benzene rings is 1. The van der Waals surface area contributed by atoms with Gasteiger partial charge in [-0.1, -0.05) is 24.2 Å². The van der Waals surface area contributed by atoms with Crippen molar-refractivity contribution >= 4 is 29.0 Å². The van der Waals surface area contributed by atoms with Crippen LogP contribution >= 0.6 is 11.6 Å². The van der Waals surface area contributed by atoms with Gasteiger partial charge in [-0.05, 0) is 58.5 Å². The molecule has 0 spiro atoms. The fraction of sp³-hybridized carbons (Fsp3) is 0.548. The van der Waals surface area contributed by atoms with Crippen LogP contribution in [0.4, 0.5) is 24.7 Å². The van der Waals surface area contributed by atoms with E-state index in [1.807, 2.05) is 25.9 Å². The number of rotatable bonds is 9. The third-order valence-electron chi connectivity index (χ3n) is 8.64. The Morgan fingerprint density at radius 2 is 2.05 bits per heavy atom. The average Bonchev–Trinajstić information content (AvgIpc) is 3.73. The largest absolute Gasteiger partial charge is 0.463 e. The molecular formula is C31H37ClF3N7O2. The summed E-state index contributed by atoms with van der Waals surface area (Å²) >= 11 is 6.42. The zero-order chi connectivity index (χ0) is 31.8. The molecule has 0 bridgehead atoms. The van der Waals surface area contributed by atoms with Gasteiger partial charge in [-0.2, -0.15) is 23.1 Å². The number of fused-ring (bicyclic) bond motifs is 1. The maximum atomic E-state index is 14.1. The highest BCUT2D eigenvalue weighted by molar-refractivity contribution is 6.33. The zero-order valence-corrected chi connectivity index (χ0v) is 26.0. The van der Waals surface area contributed by atoms with Crippen LogP contribution in [-0.4, -0.2) is 91.2 Å². The van der Waals surface area contributed by atoms with Gasteiger partial charge in [-0.3, -0.25) is 4.79 Å². The molecule has 2 atom stereocenters. The molecule has 9 nitrogen and oxygen atoms in total. The number of nitrogens with zero attached hydrogens (tertiary/aromatic N) is 7. The molecule has 3 heterocycles. The number of para-hydroxylation sites is 1. The van der Waals surface area contributed by atoms with Crippen LogP contribution in [-0.2, 0) is 23.9 Å². The molecule has 2 aromatic rings. The lowest BCUT2D eigenvalue weighted by atomic mass is 9.96. The number of hydrogen-bond donors (Lipinski definition) is 0. The van der Waals surface area contributed by atoms with Crippen molar-refractivity contribution in [2.75, 3.05) is 63.2 Å². The van der Waals surface area contributed by atoms with Crippen LogP contribution in [0.1, 0.15) is 36.6 Å². The van der Waals surface area contributed by atoms with Crippen LogP contribution in [0.5, 0.6) is 6.01 Å². The van der Waals surface area contributed by atoms with E-state index in [-0.39, 0.29) is 53.2 Å². The Bertz CT molecular complexity index is 1460. The lowest BCUT2D eigenvalue weighted by Crippen LogP contribution is -2.56. The van der Waals surface area contributed by atoms with Gasteiger partial charge >= 0.3 is 12.2 Å². The summed E-state index contributed by atoms with van der Waals surface area (Å²) < 4.78 is 48.5. The van der Waals surface area contributed by atoms with Crippen molar-refractivity contribution in [3.05, 3.63) is 64.1 Å². The zero-order valence-electron chi connectivity index (χ0n) is 25.2. The minimum Gasteiger partial charge on any atom is -0.463 e. The molecule has 1 aromatic carbocycles. The molecule has 236 valence electrons. The molecule has 3 aliphatic rings. The van der Waals surface area contributed by atoms with Crippen molar-refractivity contribution in [1.29, 1.82) is 0 Å². The summed E-state index contributed by atoms with van der Waals surface area (Å²) in [6.07, 6.45) is -0.905. The summed E-state index contributed by atoms with van der Waals surface area (Å²) in [6, 6.07) is 3.27. The van der Waals surface area contributed by atoms with E-state index in [2.05, 4.69) is 16.3 Å². The lowest BCUT2D eigenvalue weighted by Gasteiger charge is -2.42. The molecule has 13 heteroatoms. The van der Waals surface area contributed by atoms with Crippen LogP contribution in [0.3, 0.4) is 0 Å². The summed E-state index contributed by atoms with van der Waals surface area (Å²) in [7, 11) is 4.03. The van der Waals surface area contributed by atoms with E-state index in [1.54, 1.807) is 9.80 Å². The smallest absolute Gasteiger partial charge is 0.418 e. The van der Waals surface area contributed by atoms with E-state index in [0.29, 0.717) is 44.2 Å². The molecule has 44 heavy (non-hydrogen) atoms. The van der Waals surface area contributed by atoms with E-state index in [9.17, 15) is 18.0 Å². The summed E-state index contributed by atoms with van der Waals surface area (Å²) in [5, 5.41) is 0.0187. The second-order valence-corrected chi connectivity index (χ2v) is 12.7. The van der Waals surface area contributed by atoms with Crippen molar-refractivity contribution in [3.8, 4) is 6.01 Å². The quantitative estimate of drug-likeness (QED) is 0.287. The number of amides is 1. The van der Waals surface area contributed by atoms with Gasteiger partial charge in [0, 0.05) is 43.2 Å². The molecule has 1 saturated carbocycles. The van der Waals surface area contributed by atoms with Gasteiger partial charge in [0.1, 0.15) is 11.9 Å². The van der Waals surface area contributed by atoms with Gasteiger partial charge in [-0.25, -0.2) is 6.57 Å². The van der Waals surface area contributed by atoms with E-state index < -0.39 is 11.7 Å². The van der Waals surface area contributed by atoms with Crippen LogP contribution in [0.15, 0.2) is 30.9 Å². The topological polar surface area (TPSA) is 69.4 Å². The number of piperazine rings is 1. The number of carbonyl (C=O) groups is 1. The molecule has 1 amide bonds. The molecule has 0 radical (unpaired) electrons. The fourth-order valence-electron chi connectivity index (χ4n) is 6.35. The van der Waals surface area contributed by atoms with E-state index >= 15 is 0 Å². The average molecular weight is 632 g/mol. The molecule has 1 saturated heterocycles. The highest BCUT2D eigenvalue weighted by atomic mass is 35.5. The Morgan fingerprint density at radius 1 is 1.30 bits per heavy atom. The minimum atomic E-state index is -4.59. The Kier molecular flexibility index (Phi) is 9.01. The first kappa shape index (κ1) is 31.9. The van der Waals surface area contributed by atoms with Gasteiger partial charge in [0.05, 0.1) is 35.1 Å². The second-order valence-electron chi connectivity index (χ2n) is 12.3. The summed E-state index contributed by atoms with van der Waals surface area (Å²) in [5.41, 5.74) is 0.538. The Balaban J connectivity index is 1.53. The standard InChI is InChI=1S/C31H37ClF3N7O2/c1-6-26(43)41-13-12-40(16-21(41)15-36-3)28-22-14-20(2)42(27-23(31(33,34)35)8-7-9-24(27)32)17-25(22)37-29(38-28)44-19-30(10-11-30)18-39(4)5/h6-9,20-21H,1,10-19H2,2,4-5H3/t20-,21-/m0/s1. The van der Waals surface area contributed by atoms with Crippen molar-refractivity contribution in [3.63, 3.8) is 0 Å². The van der Waals surface area contributed by atoms with Gasteiger partial charge in [0.2, 0.25) is 12.5 Å². The first-order chi connectivity index (χ1) is 20.9. The van der Waals surface area contributed by atoms with Crippen molar-refractivity contribution < 1.29 is 22.7 Å². The van der Waals surface area contributed by atoms with Gasteiger partial charge in [-0.15, -0.1) is 0 Å². The first-order valence-electron chi connectivity index (χ1n) is 14.7. The van der Waals surface area contributed by atoms with Crippen molar-refractivity contribution in [2.24, 2.45) is 5.41 Å². The highest BCUT2D eigenvalue weighted by Crippen LogP contribution is 2.47. The first-order valence-corrected chi connectivity index (χ1v) is 15.0. The number of anilines is 2. The Hall–Kier alpha value is -3.56. The lowest BCUT2D eigenvalue weighted by molar-refractivity contribution is -0.137. The van der Waals surface area contributed by atoms with Crippen LogP contribution < -0.4 is 14.5 Å². The highest BCUT2D eigenvalue weighted by Gasteiger charge is 2.45. The van der Waals surface area contributed by atoms with Crippen LogP contribution in [0.25, 0.3) is 4.85 Å². The molecule has 5 rings (SSSR count). The van der Waals surface area contributed by atoms with Crippen molar-refractivity contribution in [1.82, 2.24) is 19.8 Å². The van der Waals surface area contributed by atoms with Gasteiger partial charge < -0.3 is 29.2 Å². The van der Waals surface area contributed by atoms with Crippen LogP contribution in [0, 0.1) is 12.0 Å². The molecule has 0 unspecified atom stereocenters. The molecule has 0 N–H and O–H groups in total. The second kappa shape index (κ2) is 12.4. The summed E-state index contributed by atoms with van der Waals surface area (Å²) in [4.78, 5) is 33.2. The number of carbonyl (C=O) groups excluding carboxylic acids is 1. The fourth-order valence-corrected chi connectivity index (χ4v) is 6.63. The number of ether oxygens (including phenoxy) is 1. The Morgan fingerprint density at radius 3 is 2.68 bits per heavy atom. The molecule has 1 aliphatic carbocycles. The third kappa shape index (κ3) is 6.59. The summed E-state index contributed by atoms with van der Waals surface area (Å²) in [6.45, 7) is 15.6. The number of alkyl halides is 3. The predicted octanol–water partition coefficient (Wildman–Crippen LogP) is 4.94. The SMILES string of the molecule is [C-]#[N+]C[C@H]1CN(c2nc(OCC3(CN(C)C)CC3)nc3c2C[C@H](C)N(c2c(Cl)cccc2C(F)(F)F)C3)CCN1C(=O)C=C. The van der Waals surface area contributed by atoms with Crippen LogP contribution in [0.2, 0.25) is 5.02 Å². The molecule has 1 aromatic heterocycles. The monoisotopic (exact) mass is 631 g/mol. The normalized spacial score (nSPS) is 21.1. The van der Waals surface area contributed by atoms with Gasteiger partial charge in [0.25, 0.3) is 0 Å². The van der Waals surface area contributed by atoms with E-state index in [4.69, 9.17) is 32.9 Å². The maximum Gasteiger partial charge on any atom is 0.418 e.